The van der Waals surface area contributed by atoms with Gasteiger partial charge in [-0.15, -0.1) is 11.3 Å². The van der Waals surface area contributed by atoms with E-state index in [2.05, 4.69) is 22.5 Å². The van der Waals surface area contributed by atoms with Crippen LogP contribution in [0.25, 0.3) is 0 Å². The van der Waals surface area contributed by atoms with E-state index in [-0.39, 0.29) is 0 Å². The molecule has 0 aliphatic heterocycles. The second-order valence-corrected chi connectivity index (χ2v) is 5.48. The third-order valence-electron chi connectivity index (χ3n) is 2.86. The molecule has 0 amide bonds. The lowest BCUT2D eigenvalue weighted by Crippen LogP contribution is -2.25. The summed E-state index contributed by atoms with van der Waals surface area (Å²) in [5.74, 6) is 0.538. The van der Waals surface area contributed by atoms with Gasteiger partial charge >= 0.3 is 0 Å². The van der Waals surface area contributed by atoms with E-state index in [1.807, 2.05) is 11.6 Å². The van der Waals surface area contributed by atoms with E-state index in [1.165, 1.54) is 24.3 Å². The monoisotopic (exact) mass is 239 g/mol. The molecule has 1 fully saturated rings. The fourth-order valence-corrected chi connectivity index (χ4v) is 2.39. The number of nitrogens with one attached hydrogen (secondary N) is 2. The van der Waals surface area contributed by atoms with Crippen LogP contribution in [0.5, 0.6) is 0 Å². The van der Waals surface area contributed by atoms with Crippen molar-refractivity contribution in [1.82, 2.24) is 15.6 Å². The molecule has 90 valence electrons. The second-order valence-electron chi connectivity index (χ2n) is 4.56. The zero-order valence-electron chi connectivity index (χ0n) is 9.91. The zero-order valence-corrected chi connectivity index (χ0v) is 10.7. The fourth-order valence-electron chi connectivity index (χ4n) is 1.69. The van der Waals surface area contributed by atoms with Crippen molar-refractivity contribution in [2.24, 2.45) is 0 Å². The molecule has 1 saturated carbocycles. The van der Waals surface area contributed by atoms with Crippen molar-refractivity contribution in [1.29, 1.82) is 0 Å². The lowest BCUT2D eigenvalue weighted by atomic mass is 10.2. The Labute approximate surface area is 102 Å². The molecule has 0 saturated heterocycles. The Kier molecular flexibility index (Phi) is 4.75. The quantitative estimate of drug-likeness (QED) is 0.681. The second kappa shape index (κ2) is 6.33. The molecular formula is C12H21N3S. The Balaban J connectivity index is 1.47. The maximum atomic E-state index is 4.33. The molecule has 2 rings (SSSR count). The Bertz CT molecular complexity index is 282. The van der Waals surface area contributed by atoms with E-state index < -0.39 is 0 Å². The third kappa shape index (κ3) is 4.20. The average molecular weight is 239 g/mol. The molecule has 1 aromatic heterocycles. The summed E-state index contributed by atoms with van der Waals surface area (Å²) >= 11 is 1.75. The van der Waals surface area contributed by atoms with Crippen LogP contribution >= 0.6 is 11.3 Å². The predicted molar refractivity (Wildman–Crippen MR) is 69.0 cm³/mol. The van der Waals surface area contributed by atoms with Crippen LogP contribution in [0.3, 0.4) is 0 Å². The summed E-state index contributed by atoms with van der Waals surface area (Å²) in [6.07, 6.45) is 5.88. The SMILES string of the molecule is CC(CNCCCNC1CC1)c1nccs1. The van der Waals surface area contributed by atoms with Crippen LogP contribution in [0.2, 0.25) is 0 Å². The molecule has 2 N–H and O–H groups in total. The average Bonchev–Trinajstić information content (AvgIpc) is 2.95. The standard InChI is InChI=1S/C12H21N3S/c1-10(12-15-7-8-16-12)9-13-5-2-6-14-11-3-4-11/h7-8,10-11,13-14H,2-6,9H2,1H3. The van der Waals surface area contributed by atoms with E-state index in [1.54, 1.807) is 11.3 Å². The predicted octanol–water partition coefficient (Wildman–Crippen LogP) is 1.98. The van der Waals surface area contributed by atoms with Crippen LogP contribution in [-0.4, -0.2) is 30.7 Å². The van der Waals surface area contributed by atoms with E-state index >= 15 is 0 Å². The summed E-state index contributed by atoms with van der Waals surface area (Å²) < 4.78 is 0. The van der Waals surface area contributed by atoms with Gasteiger partial charge in [0.15, 0.2) is 0 Å². The van der Waals surface area contributed by atoms with Crippen molar-refractivity contribution in [3.05, 3.63) is 16.6 Å². The summed E-state index contributed by atoms with van der Waals surface area (Å²) in [6.45, 7) is 5.53. The van der Waals surface area contributed by atoms with Crippen molar-refractivity contribution >= 4 is 11.3 Å². The smallest absolute Gasteiger partial charge is 0.0965 e. The third-order valence-corrected chi connectivity index (χ3v) is 3.87. The highest BCUT2D eigenvalue weighted by atomic mass is 32.1. The first-order valence-corrected chi connectivity index (χ1v) is 7.07. The Morgan fingerprint density at radius 3 is 3.06 bits per heavy atom. The number of thiazole rings is 1. The van der Waals surface area contributed by atoms with Crippen LogP contribution in [0.1, 0.15) is 37.1 Å². The summed E-state index contributed by atoms with van der Waals surface area (Å²) in [4.78, 5) is 4.33. The van der Waals surface area contributed by atoms with Crippen molar-refractivity contribution in [2.45, 2.75) is 38.1 Å². The van der Waals surface area contributed by atoms with E-state index in [0.29, 0.717) is 5.92 Å². The summed E-state index contributed by atoms with van der Waals surface area (Å²) in [7, 11) is 0. The van der Waals surface area contributed by atoms with Crippen LogP contribution in [-0.2, 0) is 0 Å². The summed E-state index contributed by atoms with van der Waals surface area (Å²) in [6, 6.07) is 0.842. The molecule has 1 atom stereocenters. The molecular weight excluding hydrogens is 218 g/mol. The molecule has 1 aliphatic carbocycles. The largest absolute Gasteiger partial charge is 0.316 e. The van der Waals surface area contributed by atoms with Gasteiger partial charge in [0.2, 0.25) is 0 Å². The topological polar surface area (TPSA) is 37.0 Å². The first kappa shape index (κ1) is 12.0. The minimum Gasteiger partial charge on any atom is -0.316 e. The molecule has 4 heteroatoms. The summed E-state index contributed by atoms with van der Waals surface area (Å²) in [5.41, 5.74) is 0. The molecule has 3 nitrogen and oxygen atoms in total. The Hall–Kier alpha value is -0.450. The molecule has 0 radical (unpaired) electrons. The molecule has 1 heterocycles. The normalized spacial score (nSPS) is 17.6. The van der Waals surface area contributed by atoms with Crippen LogP contribution in [0.15, 0.2) is 11.6 Å². The van der Waals surface area contributed by atoms with Crippen molar-refractivity contribution in [2.75, 3.05) is 19.6 Å². The fraction of sp³-hybridized carbons (Fsp3) is 0.750. The highest BCUT2D eigenvalue weighted by molar-refractivity contribution is 7.09. The van der Waals surface area contributed by atoms with Gasteiger partial charge in [0.1, 0.15) is 0 Å². The summed E-state index contributed by atoms with van der Waals surface area (Å²) in [5, 5.41) is 10.3. The minimum atomic E-state index is 0.538. The van der Waals surface area contributed by atoms with Crippen molar-refractivity contribution in [3.63, 3.8) is 0 Å². The Morgan fingerprint density at radius 2 is 2.38 bits per heavy atom. The van der Waals surface area contributed by atoms with E-state index in [0.717, 1.165) is 25.7 Å². The molecule has 1 aromatic rings. The molecule has 0 aromatic carbocycles. The number of nitrogens with zero attached hydrogens (tertiary/aromatic N) is 1. The van der Waals surface area contributed by atoms with Gasteiger partial charge in [-0.3, -0.25) is 0 Å². The van der Waals surface area contributed by atoms with Crippen molar-refractivity contribution in [3.8, 4) is 0 Å². The molecule has 0 bridgehead atoms. The van der Waals surface area contributed by atoms with Crippen LogP contribution < -0.4 is 10.6 Å². The van der Waals surface area contributed by atoms with E-state index in [4.69, 9.17) is 0 Å². The Morgan fingerprint density at radius 1 is 1.50 bits per heavy atom. The maximum absolute atomic E-state index is 4.33. The van der Waals surface area contributed by atoms with Crippen LogP contribution in [0.4, 0.5) is 0 Å². The number of rotatable bonds is 8. The van der Waals surface area contributed by atoms with Gasteiger partial charge in [-0.2, -0.15) is 0 Å². The first-order valence-electron chi connectivity index (χ1n) is 6.20. The van der Waals surface area contributed by atoms with Gasteiger partial charge in [0, 0.05) is 30.1 Å². The number of aromatic nitrogens is 1. The molecule has 16 heavy (non-hydrogen) atoms. The number of hydrogen-bond acceptors (Lipinski definition) is 4. The lowest BCUT2D eigenvalue weighted by Gasteiger charge is -2.10. The van der Waals surface area contributed by atoms with Gasteiger partial charge in [-0.1, -0.05) is 6.92 Å². The number of hydrogen-bond donors (Lipinski definition) is 2. The molecule has 1 aliphatic rings. The molecule has 1 unspecified atom stereocenters. The minimum absolute atomic E-state index is 0.538. The highest BCUT2D eigenvalue weighted by Crippen LogP contribution is 2.18. The van der Waals surface area contributed by atoms with E-state index in [9.17, 15) is 0 Å². The van der Waals surface area contributed by atoms with Gasteiger partial charge in [-0.25, -0.2) is 4.98 Å². The van der Waals surface area contributed by atoms with Gasteiger partial charge < -0.3 is 10.6 Å². The first-order chi connectivity index (χ1) is 7.86. The maximum Gasteiger partial charge on any atom is 0.0965 e. The van der Waals surface area contributed by atoms with Gasteiger partial charge in [0.05, 0.1) is 5.01 Å². The molecule has 0 spiro atoms. The zero-order chi connectivity index (χ0) is 11.2. The highest BCUT2D eigenvalue weighted by Gasteiger charge is 2.19. The van der Waals surface area contributed by atoms with Gasteiger partial charge in [0.25, 0.3) is 0 Å². The lowest BCUT2D eigenvalue weighted by molar-refractivity contribution is 0.566. The van der Waals surface area contributed by atoms with Crippen molar-refractivity contribution < 1.29 is 0 Å². The van der Waals surface area contributed by atoms with Gasteiger partial charge in [-0.05, 0) is 32.4 Å². The van der Waals surface area contributed by atoms with Crippen LogP contribution in [0, 0.1) is 0 Å².